The summed E-state index contributed by atoms with van der Waals surface area (Å²) >= 11 is 0. The molecule has 1 unspecified atom stereocenters. The Morgan fingerprint density at radius 1 is 1.37 bits per heavy atom. The molecule has 1 N–H and O–H groups in total. The van der Waals surface area contributed by atoms with Gasteiger partial charge in [-0.25, -0.2) is 4.98 Å². The predicted octanol–water partition coefficient (Wildman–Crippen LogP) is 1.02. The minimum Gasteiger partial charge on any atom is -0.334 e. The second-order valence-electron chi connectivity index (χ2n) is 5.69. The van der Waals surface area contributed by atoms with Crippen LogP contribution in [0.4, 0.5) is 0 Å². The number of rotatable bonds is 2. The molecule has 0 saturated carbocycles. The Labute approximate surface area is 114 Å². The van der Waals surface area contributed by atoms with E-state index in [1.165, 1.54) is 12.8 Å². The lowest BCUT2D eigenvalue weighted by molar-refractivity contribution is 0.0656. The Morgan fingerprint density at radius 2 is 2.16 bits per heavy atom. The van der Waals surface area contributed by atoms with E-state index >= 15 is 0 Å². The number of piperidine rings is 1. The maximum atomic E-state index is 12.6. The van der Waals surface area contributed by atoms with Crippen molar-refractivity contribution in [1.29, 1.82) is 0 Å². The van der Waals surface area contributed by atoms with Crippen molar-refractivity contribution in [2.45, 2.75) is 31.7 Å². The fraction of sp³-hybridized carbons (Fsp3) is 0.714. The van der Waals surface area contributed by atoms with Gasteiger partial charge in [0.15, 0.2) is 0 Å². The van der Waals surface area contributed by atoms with Crippen LogP contribution >= 0.6 is 0 Å². The van der Waals surface area contributed by atoms with E-state index in [0.29, 0.717) is 17.7 Å². The molecule has 0 aromatic carbocycles. The highest BCUT2D eigenvalue weighted by Gasteiger charge is 2.36. The number of aromatic nitrogens is 2. The van der Waals surface area contributed by atoms with Crippen LogP contribution in [0.1, 0.15) is 36.2 Å². The van der Waals surface area contributed by atoms with Gasteiger partial charge in [-0.15, -0.1) is 0 Å². The molecule has 2 aliphatic heterocycles. The van der Waals surface area contributed by atoms with Crippen molar-refractivity contribution in [3.63, 3.8) is 0 Å². The van der Waals surface area contributed by atoms with E-state index in [4.69, 9.17) is 0 Å². The van der Waals surface area contributed by atoms with Crippen LogP contribution in [0.2, 0.25) is 0 Å². The highest BCUT2D eigenvalue weighted by Crippen LogP contribution is 2.30. The molecule has 0 radical (unpaired) electrons. The highest BCUT2D eigenvalue weighted by atomic mass is 16.2. The molecule has 0 bridgehead atoms. The molecule has 2 saturated heterocycles. The molecule has 5 nitrogen and oxygen atoms in total. The summed E-state index contributed by atoms with van der Waals surface area (Å²) in [5.41, 5.74) is 0.709. The molecular weight excluding hydrogens is 240 g/mol. The van der Waals surface area contributed by atoms with E-state index in [2.05, 4.69) is 15.2 Å². The Morgan fingerprint density at radius 3 is 2.84 bits per heavy atom. The van der Waals surface area contributed by atoms with Crippen LogP contribution in [0.3, 0.4) is 0 Å². The molecule has 5 heteroatoms. The van der Waals surface area contributed by atoms with Crippen molar-refractivity contribution in [3.8, 4) is 0 Å². The van der Waals surface area contributed by atoms with Gasteiger partial charge in [0.05, 0.1) is 12.5 Å². The van der Waals surface area contributed by atoms with Crippen LogP contribution in [-0.4, -0.2) is 46.0 Å². The van der Waals surface area contributed by atoms with Gasteiger partial charge < -0.3 is 14.8 Å². The van der Waals surface area contributed by atoms with Crippen LogP contribution in [-0.2, 0) is 7.05 Å². The fourth-order valence-electron chi connectivity index (χ4n) is 3.47. The maximum Gasteiger partial charge on any atom is 0.272 e. The monoisotopic (exact) mass is 262 g/mol. The summed E-state index contributed by atoms with van der Waals surface area (Å²) in [6, 6.07) is 0.435. The van der Waals surface area contributed by atoms with Crippen molar-refractivity contribution >= 4 is 5.91 Å². The highest BCUT2D eigenvalue weighted by molar-refractivity contribution is 5.92. The average Bonchev–Trinajstić information content (AvgIpc) is 3.07. The number of carbonyl (C=O) groups excluding carboxylic acids is 1. The first-order chi connectivity index (χ1) is 9.27. The normalized spacial score (nSPS) is 24.9. The molecule has 1 amide bonds. The Kier molecular flexibility index (Phi) is 3.55. The van der Waals surface area contributed by atoms with E-state index in [1.54, 1.807) is 12.5 Å². The maximum absolute atomic E-state index is 12.6. The van der Waals surface area contributed by atoms with Gasteiger partial charge in [0, 0.05) is 19.6 Å². The third kappa shape index (κ3) is 2.39. The SMILES string of the molecule is Cn1cncc1C(=O)N1CCCC1C1CCNCC1. The molecule has 1 atom stereocenters. The van der Waals surface area contributed by atoms with Crippen LogP contribution in [0.5, 0.6) is 0 Å². The lowest BCUT2D eigenvalue weighted by Crippen LogP contribution is -2.44. The van der Waals surface area contributed by atoms with Crippen LogP contribution < -0.4 is 5.32 Å². The molecule has 2 aliphatic rings. The summed E-state index contributed by atoms with van der Waals surface area (Å²) in [4.78, 5) is 18.8. The molecular formula is C14H22N4O. The smallest absolute Gasteiger partial charge is 0.272 e. The van der Waals surface area contributed by atoms with Gasteiger partial charge in [-0.1, -0.05) is 0 Å². The number of amides is 1. The third-order valence-corrected chi connectivity index (χ3v) is 4.52. The Bertz CT molecular complexity index is 450. The molecule has 1 aromatic heterocycles. The fourth-order valence-corrected chi connectivity index (χ4v) is 3.47. The summed E-state index contributed by atoms with van der Waals surface area (Å²) in [5, 5.41) is 3.40. The van der Waals surface area contributed by atoms with Gasteiger partial charge in [-0.3, -0.25) is 4.79 Å². The summed E-state index contributed by atoms with van der Waals surface area (Å²) < 4.78 is 1.82. The third-order valence-electron chi connectivity index (χ3n) is 4.52. The van der Waals surface area contributed by atoms with Crippen molar-refractivity contribution in [2.75, 3.05) is 19.6 Å². The van der Waals surface area contributed by atoms with E-state index in [1.807, 2.05) is 11.6 Å². The molecule has 1 aromatic rings. The molecule has 19 heavy (non-hydrogen) atoms. The van der Waals surface area contributed by atoms with Crippen molar-refractivity contribution in [2.24, 2.45) is 13.0 Å². The Hall–Kier alpha value is -1.36. The number of nitrogens with one attached hydrogen (secondary N) is 1. The quantitative estimate of drug-likeness (QED) is 0.866. The minimum absolute atomic E-state index is 0.154. The van der Waals surface area contributed by atoms with Gasteiger partial charge in [-0.2, -0.15) is 0 Å². The first-order valence-corrected chi connectivity index (χ1v) is 7.25. The Balaban J connectivity index is 1.75. The number of likely N-dealkylation sites (tertiary alicyclic amines) is 1. The van der Waals surface area contributed by atoms with Crippen LogP contribution in [0.25, 0.3) is 0 Å². The van der Waals surface area contributed by atoms with Crippen LogP contribution in [0.15, 0.2) is 12.5 Å². The molecule has 3 heterocycles. The molecule has 3 rings (SSSR count). The second-order valence-corrected chi connectivity index (χ2v) is 5.69. The summed E-state index contributed by atoms with van der Waals surface area (Å²) in [5.74, 6) is 0.821. The average molecular weight is 262 g/mol. The first-order valence-electron chi connectivity index (χ1n) is 7.25. The number of hydrogen-bond donors (Lipinski definition) is 1. The second kappa shape index (κ2) is 5.33. The zero-order chi connectivity index (χ0) is 13.2. The summed E-state index contributed by atoms with van der Waals surface area (Å²) in [6.45, 7) is 3.09. The summed E-state index contributed by atoms with van der Waals surface area (Å²) in [6.07, 6.45) is 8.06. The van der Waals surface area contributed by atoms with E-state index < -0.39 is 0 Å². The van der Waals surface area contributed by atoms with E-state index in [-0.39, 0.29) is 5.91 Å². The van der Waals surface area contributed by atoms with E-state index in [0.717, 1.165) is 32.5 Å². The standard InChI is InChI=1S/C14H22N4O/c1-17-10-16-9-13(17)14(19)18-8-2-3-12(18)11-4-6-15-7-5-11/h9-12,15H,2-8H2,1H3. The number of aryl methyl sites for hydroxylation is 1. The lowest BCUT2D eigenvalue weighted by atomic mass is 9.88. The first kappa shape index (κ1) is 12.7. The number of carbonyl (C=O) groups is 1. The van der Waals surface area contributed by atoms with Gasteiger partial charge in [0.2, 0.25) is 0 Å². The number of nitrogens with zero attached hydrogens (tertiary/aromatic N) is 3. The number of imidazole rings is 1. The van der Waals surface area contributed by atoms with Crippen LogP contribution in [0, 0.1) is 5.92 Å². The van der Waals surface area contributed by atoms with Crippen molar-refractivity contribution in [3.05, 3.63) is 18.2 Å². The molecule has 0 spiro atoms. The minimum atomic E-state index is 0.154. The topological polar surface area (TPSA) is 50.2 Å². The predicted molar refractivity (Wildman–Crippen MR) is 72.9 cm³/mol. The van der Waals surface area contributed by atoms with Gasteiger partial charge in [-0.05, 0) is 44.7 Å². The van der Waals surface area contributed by atoms with Gasteiger partial charge in [0.25, 0.3) is 5.91 Å². The lowest BCUT2D eigenvalue weighted by Gasteiger charge is -2.34. The van der Waals surface area contributed by atoms with Gasteiger partial charge >= 0.3 is 0 Å². The summed E-state index contributed by atoms with van der Waals surface area (Å²) in [7, 11) is 1.88. The van der Waals surface area contributed by atoms with Gasteiger partial charge in [0.1, 0.15) is 5.69 Å². The molecule has 104 valence electrons. The zero-order valence-corrected chi connectivity index (χ0v) is 11.5. The van der Waals surface area contributed by atoms with Crippen molar-refractivity contribution in [1.82, 2.24) is 19.8 Å². The molecule has 2 fully saturated rings. The number of hydrogen-bond acceptors (Lipinski definition) is 3. The van der Waals surface area contributed by atoms with E-state index in [9.17, 15) is 4.79 Å². The zero-order valence-electron chi connectivity index (χ0n) is 11.5. The largest absolute Gasteiger partial charge is 0.334 e. The molecule has 0 aliphatic carbocycles. The van der Waals surface area contributed by atoms with Crippen molar-refractivity contribution < 1.29 is 4.79 Å².